The van der Waals surface area contributed by atoms with E-state index in [9.17, 15) is 22.8 Å². The largest absolute Gasteiger partial charge is 0.484 e. The fourth-order valence-corrected chi connectivity index (χ4v) is 4.20. The lowest BCUT2D eigenvalue weighted by Crippen LogP contribution is -2.84. The first kappa shape index (κ1) is 19.6. The predicted molar refractivity (Wildman–Crippen MR) is 98.2 cm³/mol. The Labute approximate surface area is 169 Å². The molecule has 29 heavy (non-hydrogen) atoms. The first-order valence-corrected chi connectivity index (χ1v) is 9.24. The maximum atomic E-state index is 13.7. The molecule has 3 aliphatic carbocycles. The highest BCUT2D eigenvalue weighted by molar-refractivity contribution is 6.30. The number of hydrogen-bond acceptors (Lipinski definition) is 3. The van der Waals surface area contributed by atoms with Gasteiger partial charge in [0.05, 0.1) is 10.6 Å². The molecule has 152 valence electrons. The van der Waals surface area contributed by atoms with Crippen LogP contribution in [0.5, 0.6) is 5.75 Å². The Bertz CT molecular complexity index is 995. The molecule has 0 heterocycles. The standard InChI is InChI=1S/C20H16ClF3N2O3/c21-14-3-2-12(6-16(14)24)29-7-17(27)25-19-8-20(9-19,10-19)26-18(28)13-5-11(22)1-4-15(13)23/h1-6H,7-10H2,(H,25,27)(H,26,28). The molecule has 3 aliphatic rings. The molecule has 0 aliphatic heterocycles. The Kier molecular flexibility index (Phi) is 4.69. The zero-order valence-corrected chi connectivity index (χ0v) is 15.8. The lowest BCUT2D eigenvalue weighted by Gasteiger charge is -2.70. The van der Waals surface area contributed by atoms with Crippen LogP contribution >= 0.6 is 11.6 Å². The van der Waals surface area contributed by atoms with Crippen molar-refractivity contribution in [3.05, 3.63) is 64.4 Å². The van der Waals surface area contributed by atoms with Gasteiger partial charge in [0.2, 0.25) is 0 Å². The molecule has 0 unspecified atom stereocenters. The number of hydrogen-bond donors (Lipinski definition) is 2. The molecular weight excluding hydrogens is 409 g/mol. The molecule has 5 rings (SSSR count). The number of amides is 2. The van der Waals surface area contributed by atoms with Crippen LogP contribution in [-0.4, -0.2) is 29.5 Å². The van der Waals surface area contributed by atoms with Crippen molar-refractivity contribution in [3.8, 4) is 5.75 Å². The van der Waals surface area contributed by atoms with Crippen molar-refractivity contribution < 1.29 is 27.5 Å². The number of rotatable bonds is 6. The Balaban J connectivity index is 1.26. The van der Waals surface area contributed by atoms with Crippen LogP contribution in [0.15, 0.2) is 36.4 Å². The maximum absolute atomic E-state index is 13.7. The first-order chi connectivity index (χ1) is 13.7. The van der Waals surface area contributed by atoms with Crippen LogP contribution in [0.4, 0.5) is 13.2 Å². The quantitative estimate of drug-likeness (QED) is 0.747. The smallest absolute Gasteiger partial charge is 0.258 e. The molecule has 0 aromatic heterocycles. The molecule has 9 heteroatoms. The maximum Gasteiger partial charge on any atom is 0.258 e. The number of ether oxygens (including phenoxy) is 1. The Morgan fingerprint density at radius 3 is 2.34 bits per heavy atom. The van der Waals surface area contributed by atoms with E-state index in [0.717, 1.165) is 24.3 Å². The number of benzene rings is 2. The van der Waals surface area contributed by atoms with Gasteiger partial charge in [0.25, 0.3) is 11.8 Å². The zero-order valence-electron chi connectivity index (χ0n) is 15.0. The fraction of sp³-hybridized carbons (Fsp3) is 0.300. The zero-order chi connectivity index (χ0) is 20.8. The molecule has 2 N–H and O–H groups in total. The molecule has 2 aromatic rings. The summed E-state index contributed by atoms with van der Waals surface area (Å²) in [4.78, 5) is 24.3. The van der Waals surface area contributed by atoms with Crippen molar-refractivity contribution in [2.75, 3.05) is 6.61 Å². The highest BCUT2D eigenvalue weighted by Gasteiger charge is 2.69. The minimum Gasteiger partial charge on any atom is -0.484 e. The second-order valence-electron chi connectivity index (χ2n) is 7.58. The third-order valence-electron chi connectivity index (χ3n) is 5.25. The van der Waals surface area contributed by atoms with Gasteiger partial charge >= 0.3 is 0 Å². The molecule has 3 fully saturated rings. The van der Waals surface area contributed by atoms with Crippen molar-refractivity contribution in [3.63, 3.8) is 0 Å². The second-order valence-corrected chi connectivity index (χ2v) is 7.99. The predicted octanol–water partition coefficient (Wildman–Crippen LogP) is 3.36. The van der Waals surface area contributed by atoms with Crippen molar-refractivity contribution in [1.29, 1.82) is 0 Å². The molecule has 2 amide bonds. The average Bonchev–Trinajstić information content (AvgIpc) is 2.61. The Hall–Kier alpha value is -2.74. The van der Waals surface area contributed by atoms with E-state index < -0.39 is 34.4 Å². The van der Waals surface area contributed by atoms with E-state index in [1.807, 2.05) is 0 Å². The summed E-state index contributed by atoms with van der Waals surface area (Å²) < 4.78 is 45.6. The number of carbonyl (C=O) groups is 2. The summed E-state index contributed by atoms with van der Waals surface area (Å²) in [6.07, 6.45) is 1.47. The molecule has 2 aromatic carbocycles. The van der Waals surface area contributed by atoms with E-state index in [1.54, 1.807) is 0 Å². The average molecular weight is 425 g/mol. The first-order valence-electron chi connectivity index (χ1n) is 8.86. The third-order valence-corrected chi connectivity index (χ3v) is 5.55. The van der Waals surface area contributed by atoms with E-state index in [1.165, 1.54) is 12.1 Å². The van der Waals surface area contributed by atoms with Gasteiger partial charge in [-0.1, -0.05) is 11.6 Å². The van der Waals surface area contributed by atoms with Gasteiger partial charge in [-0.2, -0.15) is 0 Å². The van der Waals surface area contributed by atoms with Crippen LogP contribution in [0.1, 0.15) is 29.6 Å². The molecule has 5 nitrogen and oxygen atoms in total. The van der Waals surface area contributed by atoms with Crippen molar-refractivity contribution in [2.45, 2.75) is 30.3 Å². The lowest BCUT2D eigenvalue weighted by atomic mass is 9.44. The van der Waals surface area contributed by atoms with E-state index in [0.29, 0.717) is 19.3 Å². The molecule has 3 saturated carbocycles. The molecule has 0 atom stereocenters. The van der Waals surface area contributed by atoms with Crippen LogP contribution in [-0.2, 0) is 4.79 Å². The molecule has 0 radical (unpaired) electrons. The molecule has 0 spiro atoms. The topological polar surface area (TPSA) is 67.4 Å². The van der Waals surface area contributed by atoms with Gasteiger partial charge in [-0.3, -0.25) is 9.59 Å². The van der Waals surface area contributed by atoms with Crippen LogP contribution < -0.4 is 15.4 Å². The molecule has 0 saturated heterocycles. The van der Waals surface area contributed by atoms with Gasteiger partial charge in [0, 0.05) is 17.1 Å². The summed E-state index contributed by atoms with van der Waals surface area (Å²) in [5.74, 6) is -3.02. The van der Waals surface area contributed by atoms with Gasteiger partial charge in [0.1, 0.15) is 23.2 Å². The number of carbonyl (C=O) groups excluding carboxylic acids is 2. The van der Waals surface area contributed by atoms with Crippen molar-refractivity contribution >= 4 is 23.4 Å². The number of halogens is 4. The van der Waals surface area contributed by atoms with Gasteiger partial charge in [-0.15, -0.1) is 0 Å². The number of nitrogens with one attached hydrogen (secondary N) is 2. The Morgan fingerprint density at radius 2 is 1.66 bits per heavy atom. The summed E-state index contributed by atoms with van der Waals surface area (Å²) in [7, 11) is 0. The highest BCUT2D eigenvalue weighted by Crippen LogP contribution is 2.60. The van der Waals surface area contributed by atoms with Gasteiger partial charge in [-0.05, 0) is 49.6 Å². The summed E-state index contributed by atoms with van der Waals surface area (Å²) in [5.41, 5.74) is -1.32. The normalized spacial score (nSPS) is 24.1. The lowest BCUT2D eigenvalue weighted by molar-refractivity contribution is -0.141. The van der Waals surface area contributed by atoms with E-state index in [4.69, 9.17) is 16.3 Å². The SMILES string of the molecule is O=C(COc1ccc(Cl)c(F)c1)NC12CC(NC(=O)c3cc(F)ccc3F)(C1)C2. The van der Waals surface area contributed by atoms with E-state index in [-0.39, 0.29) is 28.8 Å². The minimum atomic E-state index is -0.797. The Morgan fingerprint density at radius 1 is 0.966 bits per heavy atom. The van der Waals surface area contributed by atoms with Gasteiger partial charge < -0.3 is 15.4 Å². The van der Waals surface area contributed by atoms with Crippen molar-refractivity contribution in [2.24, 2.45) is 0 Å². The van der Waals surface area contributed by atoms with E-state index in [2.05, 4.69) is 10.6 Å². The fourth-order valence-electron chi connectivity index (χ4n) is 4.08. The van der Waals surface area contributed by atoms with Crippen LogP contribution in [0.3, 0.4) is 0 Å². The van der Waals surface area contributed by atoms with Crippen molar-refractivity contribution in [1.82, 2.24) is 10.6 Å². The highest BCUT2D eigenvalue weighted by atomic mass is 35.5. The van der Waals surface area contributed by atoms with Crippen LogP contribution in [0.2, 0.25) is 5.02 Å². The summed E-state index contributed by atoms with van der Waals surface area (Å²) >= 11 is 5.59. The van der Waals surface area contributed by atoms with Gasteiger partial charge in [0.15, 0.2) is 6.61 Å². The van der Waals surface area contributed by atoms with Gasteiger partial charge in [-0.25, -0.2) is 13.2 Å². The van der Waals surface area contributed by atoms with E-state index >= 15 is 0 Å². The monoisotopic (exact) mass is 424 g/mol. The second kappa shape index (κ2) is 6.95. The molecule has 2 bridgehead atoms. The molecular formula is C20H16ClF3N2O3. The van der Waals surface area contributed by atoms with Crippen LogP contribution in [0.25, 0.3) is 0 Å². The summed E-state index contributed by atoms with van der Waals surface area (Å²) in [5, 5.41) is 5.53. The van der Waals surface area contributed by atoms with Crippen LogP contribution in [0, 0.1) is 17.5 Å². The summed E-state index contributed by atoms with van der Waals surface area (Å²) in [6, 6.07) is 6.57. The minimum absolute atomic E-state index is 0.0406. The third kappa shape index (κ3) is 3.76. The summed E-state index contributed by atoms with van der Waals surface area (Å²) in [6.45, 7) is -0.295.